The molecule has 2 heterocycles. The van der Waals surface area contributed by atoms with Gasteiger partial charge in [-0.3, -0.25) is 4.79 Å². The summed E-state index contributed by atoms with van der Waals surface area (Å²) in [5.74, 6) is 0.943. The summed E-state index contributed by atoms with van der Waals surface area (Å²) < 4.78 is 7.16. The first kappa shape index (κ1) is 13.0. The predicted octanol–water partition coefficient (Wildman–Crippen LogP) is -0.0705. The third-order valence-electron chi connectivity index (χ3n) is 3.15. The number of ether oxygens (including phenoxy) is 1. The van der Waals surface area contributed by atoms with E-state index in [1.165, 1.54) is 0 Å². The van der Waals surface area contributed by atoms with Gasteiger partial charge in [0.15, 0.2) is 0 Å². The van der Waals surface area contributed by atoms with Crippen LogP contribution >= 0.6 is 0 Å². The summed E-state index contributed by atoms with van der Waals surface area (Å²) >= 11 is 0. The number of nitrogens with zero attached hydrogens (tertiary/aromatic N) is 3. The van der Waals surface area contributed by atoms with Crippen LogP contribution in [0.3, 0.4) is 0 Å². The van der Waals surface area contributed by atoms with E-state index in [1.54, 1.807) is 6.20 Å². The van der Waals surface area contributed by atoms with Gasteiger partial charge in [-0.05, 0) is 6.92 Å². The number of aromatic nitrogens is 2. The maximum absolute atomic E-state index is 12.1. The molecule has 100 valence electrons. The fourth-order valence-electron chi connectivity index (χ4n) is 2.20. The summed E-state index contributed by atoms with van der Waals surface area (Å²) in [4.78, 5) is 18.3. The smallest absolute Gasteiger partial charge is 0.249 e. The van der Waals surface area contributed by atoms with Crippen LogP contribution in [0.15, 0.2) is 12.4 Å². The van der Waals surface area contributed by atoms with E-state index in [4.69, 9.17) is 4.74 Å². The number of imidazole rings is 1. The second kappa shape index (κ2) is 5.97. The summed E-state index contributed by atoms with van der Waals surface area (Å²) in [7, 11) is 1.95. The minimum absolute atomic E-state index is 0.00768. The molecule has 6 nitrogen and oxygen atoms in total. The lowest BCUT2D eigenvalue weighted by Crippen LogP contribution is -2.50. The summed E-state index contributed by atoms with van der Waals surface area (Å²) in [6, 6.07) is -0.00768. The van der Waals surface area contributed by atoms with Crippen molar-refractivity contribution in [2.45, 2.75) is 13.0 Å². The van der Waals surface area contributed by atoms with Crippen molar-refractivity contribution in [3.63, 3.8) is 0 Å². The van der Waals surface area contributed by atoms with Gasteiger partial charge in [-0.25, -0.2) is 4.98 Å². The van der Waals surface area contributed by atoms with Gasteiger partial charge in [0.2, 0.25) is 5.91 Å². The van der Waals surface area contributed by atoms with Gasteiger partial charge < -0.3 is 19.5 Å². The molecule has 0 saturated carbocycles. The Morgan fingerprint density at radius 3 is 3.17 bits per heavy atom. The Balaban J connectivity index is 2.11. The first-order valence-electron chi connectivity index (χ1n) is 6.29. The summed E-state index contributed by atoms with van der Waals surface area (Å²) in [5, 5.41) is 3.30. The van der Waals surface area contributed by atoms with Crippen molar-refractivity contribution in [1.29, 1.82) is 0 Å². The minimum atomic E-state index is -0.00768. The van der Waals surface area contributed by atoms with Crippen LogP contribution in [0.1, 0.15) is 18.8 Å². The lowest BCUT2D eigenvalue weighted by molar-refractivity contribution is -0.139. The number of rotatable bonds is 4. The molecule has 1 atom stereocenters. The first-order chi connectivity index (χ1) is 8.74. The molecule has 1 aromatic rings. The van der Waals surface area contributed by atoms with Gasteiger partial charge in [-0.15, -0.1) is 0 Å². The fraction of sp³-hybridized carbons (Fsp3) is 0.667. The molecule has 1 aromatic heterocycles. The highest BCUT2D eigenvalue weighted by atomic mass is 16.5. The van der Waals surface area contributed by atoms with Crippen LogP contribution < -0.4 is 5.32 Å². The number of piperazine rings is 1. The molecule has 0 aliphatic carbocycles. The number of hydrogen-bond acceptors (Lipinski definition) is 4. The van der Waals surface area contributed by atoms with Gasteiger partial charge in [0.1, 0.15) is 18.5 Å². The van der Waals surface area contributed by atoms with Crippen molar-refractivity contribution in [2.75, 3.05) is 32.8 Å². The first-order valence-corrected chi connectivity index (χ1v) is 6.29. The van der Waals surface area contributed by atoms with Crippen molar-refractivity contribution >= 4 is 5.91 Å². The Morgan fingerprint density at radius 1 is 1.67 bits per heavy atom. The van der Waals surface area contributed by atoms with Crippen LogP contribution in [0.25, 0.3) is 0 Å². The number of aryl methyl sites for hydroxylation is 1. The number of carbonyl (C=O) groups excluding carboxylic acids is 1. The molecule has 0 aromatic carbocycles. The lowest BCUT2D eigenvalue weighted by Gasteiger charge is -2.35. The van der Waals surface area contributed by atoms with E-state index in [0.29, 0.717) is 13.2 Å². The highest BCUT2D eigenvalue weighted by Gasteiger charge is 2.30. The fourth-order valence-corrected chi connectivity index (χ4v) is 2.20. The Bertz CT molecular complexity index is 405. The van der Waals surface area contributed by atoms with Crippen LogP contribution in [-0.4, -0.2) is 53.2 Å². The highest BCUT2D eigenvalue weighted by Crippen LogP contribution is 2.20. The summed E-state index contributed by atoms with van der Waals surface area (Å²) in [6.45, 7) is 4.86. The Kier molecular flexibility index (Phi) is 4.33. The molecule has 1 amide bonds. The molecule has 1 saturated heterocycles. The quantitative estimate of drug-likeness (QED) is 0.815. The number of carbonyl (C=O) groups is 1. The second-order valence-electron chi connectivity index (χ2n) is 4.34. The van der Waals surface area contributed by atoms with Crippen molar-refractivity contribution in [3.8, 4) is 0 Å². The summed E-state index contributed by atoms with van der Waals surface area (Å²) in [5.41, 5.74) is 0. The van der Waals surface area contributed by atoms with E-state index in [0.717, 1.165) is 18.9 Å². The van der Waals surface area contributed by atoms with Crippen molar-refractivity contribution < 1.29 is 9.53 Å². The standard InChI is InChI=1S/C12H20N4O2/c1-3-18-9-11(17)16-7-4-13-8-10(16)12-14-5-6-15(12)2/h5-6,10,13H,3-4,7-9H2,1-2H3. The average Bonchev–Trinajstić information content (AvgIpc) is 2.82. The highest BCUT2D eigenvalue weighted by molar-refractivity contribution is 5.78. The largest absolute Gasteiger partial charge is 0.372 e. The van der Waals surface area contributed by atoms with Crippen LogP contribution in [0.5, 0.6) is 0 Å². The molecule has 1 unspecified atom stereocenters. The number of amides is 1. The Morgan fingerprint density at radius 2 is 2.50 bits per heavy atom. The van der Waals surface area contributed by atoms with E-state index < -0.39 is 0 Å². The van der Waals surface area contributed by atoms with Gasteiger partial charge in [0.05, 0.1) is 0 Å². The normalized spacial score (nSPS) is 20.1. The molecule has 0 bridgehead atoms. The molecule has 2 rings (SSSR count). The molecule has 1 aliphatic heterocycles. The second-order valence-corrected chi connectivity index (χ2v) is 4.34. The van der Waals surface area contributed by atoms with Crippen molar-refractivity contribution in [1.82, 2.24) is 19.8 Å². The molecule has 6 heteroatoms. The van der Waals surface area contributed by atoms with Crippen LogP contribution in [-0.2, 0) is 16.6 Å². The van der Waals surface area contributed by atoms with Crippen LogP contribution in [0, 0.1) is 0 Å². The third-order valence-corrected chi connectivity index (χ3v) is 3.15. The van der Waals surface area contributed by atoms with Gasteiger partial charge in [-0.2, -0.15) is 0 Å². The van der Waals surface area contributed by atoms with E-state index in [-0.39, 0.29) is 18.6 Å². The zero-order chi connectivity index (χ0) is 13.0. The lowest BCUT2D eigenvalue weighted by atomic mass is 10.1. The van der Waals surface area contributed by atoms with E-state index >= 15 is 0 Å². The SMILES string of the molecule is CCOCC(=O)N1CCNCC1c1nccn1C. The van der Waals surface area contributed by atoms with Gasteiger partial charge >= 0.3 is 0 Å². The molecule has 18 heavy (non-hydrogen) atoms. The number of nitrogens with one attached hydrogen (secondary N) is 1. The molecule has 1 aliphatic rings. The molecular formula is C12H20N4O2. The van der Waals surface area contributed by atoms with Crippen molar-refractivity contribution in [2.24, 2.45) is 7.05 Å². The Labute approximate surface area is 107 Å². The van der Waals surface area contributed by atoms with Crippen LogP contribution in [0.4, 0.5) is 0 Å². The zero-order valence-corrected chi connectivity index (χ0v) is 10.9. The third kappa shape index (κ3) is 2.70. The molecule has 0 radical (unpaired) electrons. The maximum Gasteiger partial charge on any atom is 0.249 e. The number of hydrogen-bond donors (Lipinski definition) is 1. The van der Waals surface area contributed by atoms with Gasteiger partial charge in [0, 0.05) is 45.7 Å². The molecule has 0 spiro atoms. The molecule has 1 N–H and O–H groups in total. The van der Waals surface area contributed by atoms with Crippen LogP contribution in [0.2, 0.25) is 0 Å². The molecular weight excluding hydrogens is 232 g/mol. The molecule has 1 fully saturated rings. The van der Waals surface area contributed by atoms with Gasteiger partial charge in [-0.1, -0.05) is 0 Å². The maximum atomic E-state index is 12.1. The zero-order valence-electron chi connectivity index (χ0n) is 10.9. The van der Waals surface area contributed by atoms with E-state index in [2.05, 4.69) is 10.3 Å². The minimum Gasteiger partial charge on any atom is -0.372 e. The van der Waals surface area contributed by atoms with Gasteiger partial charge in [0.25, 0.3) is 0 Å². The Hall–Kier alpha value is -1.40. The van der Waals surface area contributed by atoms with E-state index in [1.807, 2.05) is 29.6 Å². The van der Waals surface area contributed by atoms with E-state index in [9.17, 15) is 4.79 Å². The predicted molar refractivity (Wildman–Crippen MR) is 67.0 cm³/mol. The van der Waals surface area contributed by atoms with Crippen molar-refractivity contribution in [3.05, 3.63) is 18.2 Å². The monoisotopic (exact) mass is 252 g/mol. The summed E-state index contributed by atoms with van der Waals surface area (Å²) in [6.07, 6.45) is 3.66. The average molecular weight is 252 g/mol. The topological polar surface area (TPSA) is 59.4 Å².